The van der Waals surface area contributed by atoms with Gasteiger partial charge in [0.2, 0.25) is 0 Å². The summed E-state index contributed by atoms with van der Waals surface area (Å²) in [5.41, 5.74) is 6.71. The van der Waals surface area contributed by atoms with Gasteiger partial charge in [0.25, 0.3) is 0 Å². The van der Waals surface area contributed by atoms with Crippen LogP contribution in [0.25, 0.3) is 0 Å². The molecule has 0 amide bonds. The second-order valence-corrected chi connectivity index (χ2v) is 4.97. The summed E-state index contributed by atoms with van der Waals surface area (Å²) >= 11 is 6.98. The summed E-state index contributed by atoms with van der Waals surface area (Å²) in [6.07, 6.45) is 1.92. The molecule has 0 bridgehead atoms. The first-order chi connectivity index (χ1) is 7.19. The van der Waals surface area contributed by atoms with Crippen LogP contribution in [0.4, 0.5) is 0 Å². The Morgan fingerprint density at radius 2 is 2.07 bits per heavy atom. The van der Waals surface area contributed by atoms with Crippen LogP contribution < -0.4 is 10.5 Å². The predicted octanol–water partition coefficient (Wildman–Crippen LogP) is 3.50. The Balaban J connectivity index is 2.97. The predicted molar refractivity (Wildman–Crippen MR) is 70.4 cm³/mol. The highest BCUT2D eigenvalue weighted by Crippen LogP contribution is 2.33. The number of hydrogen-bond donors (Lipinski definition) is 1. The lowest BCUT2D eigenvalue weighted by Gasteiger charge is -2.12. The van der Waals surface area contributed by atoms with E-state index in [9.17, 15) is 0 Å². The van der Waals surface area contributed by atoms with Crippen LogP contribution in [0.2, 0.25) is 0 Å². The molecule has 1 aromatic carbocycles. The molecule has 2 nitrogen and oxygen atoms in total. The highest BCUT2D eigenvalue weighted by molar-refractivity contribution is 9.11. The highest BCUT2D eigenvalue weighted by Gasteiger charge is 2.09. The summed E-state index contributed by atoms with van der Waals surface area (Å²) in [4.78, 5) is 0. The molecule has 0 radical (unpaired) electrons. The van der Waals surface area contributed by atoms with E-state index in [-0.39, 0.29) is 0 Å². The first-order valence-electron chi connectivity index (χ1n) is 4.99. The Labute approximate surface area is 107 Å². The van der Waals surface area contributed by atoms with E-state index in [1.807, 2.05) is 13.0 Å². The van der Waals surface area contributed by atoms with E-state index in [1.54, 1.807) is 0 Å². The minimum Gasteiger partial charge on any atom is -0.492 e. The maximum atomic E-state index is 5.61. The Hall–Kier alpha value is -0.0600. The van der Waals surface area contributed by atoms with E-state index in [2.05, 4.69) is 37.9 Å². The lowest BCUT2D eigenvalue weighted by molar-refractivity contribution is 0.334. The fraction of sp³-hybridized carbons (Fsp3) is 0.455. The molecule has 4 heteroatoms. The van der Waals surface area contributed by atoms with Crippen LogP contribution >= 0.6 is 31.9 Å². The van der Waals surface area contributed by atoms with Crippen LogP contribution in [0, 0.1) is 0 Å². The lowest BCUT2D eigenvalue weighted by Crippen LogP contribution is -2.03. The van der Waals surface area contributed by atoms with Crippen LogP contribution in [0.15, 0.2) is 21.1 Å². The van der Waals surface area contributed by atoms with Gasteiger partial charge < -0.3 is 10.5 Å². The van der Waals surface area contributed by atoms with Gasteiger partial charge in [0.05, 0.1) is 11.1 Å². The topological polar surface area (TPSA) is 35.2 Å². The normalized spacial score (nSPS) is 10.4. The van der Waals surface area contributed by atoms with Crippen LogP contribution in [-0.2, 0) is 6.42 Å². The van der Waals surface area contributed by atoms with E-state index >= 15 is 0 Å². The molecule has 0 heterocycles. The third kappa shape index (κ3) is 3.78. The molecule has 0 fully saturated rings. The lowest BCUT2D eigenvalue weighted by atomic mass is 10.1. The van der Waals surface area contributed by atoms with E-state index in [1.165, 1.54) is 5.56 Å². The molecule has 1 aromatic rings. The summed E-state index contributed by atoms with van der Waals surface area (Å²) in [7, 11) is 0. The van der Waals surface area contributed by atoms with Gasteiger partial charge in [0, 0.05) is 4.47 Å². The molecule has 2 N–H and O–H groups in total. The quantitative estimate of drug-likeness (QED) is 0.893. The van der Waals surface area contributed by atoms with Crippen molar-refractivity contribution in [2.75, 3.05) is 13.2 Å². The fourth-order valence-corrected chi connectivity index (χ4v) is 2.83. The van der Waals surface area contributed by atoms with Crippen molar-refractivity contribution in [2.45, 2.75) is 19.8 Å². The number of nitrogens with two attached hydrogens (primary N) is 1. The van der Waals surface area contributed by atoms with Crippen LogP contribution in [0.3, 0.4) is 0 Å². The Morgan fingerprint density at radius 3 is 2.67 bits per heavy atom. The van der Waals surface area contributed by atoms with Crippen molar-refractivity contribution < 1.29 is 4.74 Å². The van der Waals surface area contributed by atoms with Crippen molar-refractivity contribution in [1.82, 2.24) is 0 Å². The number of halogens is 2. The first-order valence-corrected chi connectivity index (χ1v) is 6.58. The van der Waals surface area contributed by atoms with Gasteiger partial charge in [0.1, 0.15) is 5.75 Å². The van der Waals surface area contributed by atoms with Gasteiger partial charge in [-0.3, -0.25) is 0 Å². The van der Waals surface area contributed by atoms with E-state index in [4.69, 9.17) is 10.5 Å². The van der Waals surface area contributed by atoms with Gasteiger partial charge in [-0.15, -0.1) is 0 Å². The van der Waals surface area contributed by atoms with E-state index in [0.717, 1.165) is 27.5 Å². The van der Waals surface area contributed by atoms with Gasteiger partial charge >= 0.3 is 0 Å². The first kappa shape index (κ1) is 13.0. The fourth-order valence-electron chi connectivity index (χ4n) is 1.40. The number of benzene rings is 1. The van der Waals surface area contributed by atoms with Gasteiger partial charge in [-0.05, 0) is 59.9 Å². The van der Waals surface area contributed by atoms with Crippen LogP contribution in [0.5, 0.6) is 5.75 Å². The van der Waals surface area contributed by atoms with Gasteiger partial charge in [0.15, 0.2) is 0 Å². The summed E-state index contributed by atoms with van der Waals surface area (Å²) in [6.45, 7) is 3.37. The molecule has 0 spiro atoms. The Morgan fingerprint density at radius 1 is 1.33 bits per heavy atom. The monoisotopic (exact) mass is 335 g/mol. The van der Waals surface area contributed by atoms with Crippen molar-refractivity contribution in [3.8, 4) is 5.75 Å². The molecule has 0 aliphatic heterocycles. The van der Waals surface area contributed by atoms with Gasteiger partial charge in [-0.25, -0.2) is 0 Å². The third-order valence-electron chi connectivity index (χ3n) is 2.02. The van der Waals surface area contributed by atoms with Crippen LogP contribution in [-0.4, -0.2) is 13.2 Å². The van der Waals surface area contributed by atoms with Crippen molar-refractivity contribution in [3.63, 3.8) is 0 Å². The summed E-state index contributed by atoms with van der Waals surface area (Å²) in [5, 5.41) is 0. The molecule has 0 saturated heterocycles. The molecular formula is C11H15Br2NO. The molecule has 15 heavy (non-hydrogen) atoms. The molecule has 0 aromatic heterocycles. The molecular weight excluding hydrogens is 322 g/mol. The molecule has 0 unspecified atom stereocenters. The molecule has 0 aliphatic carbocycles. The zero-order valence-corrected chi connectivity index (χ0v) is 11.9. The number of rotatable bonds is 5. The van der Waals surface area contributed by atoms with Crippen molar-refractivity contribution in [3.05, 3.63) is 26.6 Å². The summed E-state index contributed by atoms with van der Waals surface area (Å²) < 4.78 is 7.66. The average Bonchev–Trinajstić information content (AvgIpc) is 2.19. The van der Waals surface area contributed by atoms with Gasteiger partial charge in [-0.2, -0.15) is 0 Å². The largest absolute Gasteiger partial charge is 0.492 e. The molecule has 84 valence electrons. The number of aryl methyl sites for hydroxylation is 1. The molecule has 0 saturated carbocycles. The standard InChI is InChI=1S/C11H15Br2NO/c1-2-15-11-8(4-3-5-14)6-9(12)7-10(11)13/h6-7H,2-5,14H2,1H3. The maximum Gasteiger partial charge on any atom is 0.136 e. The van der Waals surface area contributed by atoms with E-state index in [0.29, 0.717) is 13.2 Å². The zero-order chi connectivity index (χ0) is 11.3. The Kier molecular flexibility index (Phi) is 5.64. The maximum absolute atomic E-state index is 5.61. The minimum atomic E-state index is 0.676. The second kappa shape index (κ2) is 6.51. The SMILES string of the molecule is CCOc1c(Br)cc(Br)cc1CCCN. The summed E-state index contributed by atoms with van der Waals surface area (Å²) in [6, 6.07) is 4.09. The smallest absolute Gasteiger partial charge is 0.136 e. The van der Waals surface area contributed by atoms with Gasteiger partial charge in [-0.1, -0.05) is 15.9 Å². The third-order valence-corrected chi connectivity index (χ3v) is 3.07. The summed E-state index contributed by atoms with van der Waals surface area (Å²) in [5.74, 6) is 0.939. The zero-order valence-electron chi connectivity index (χ0n) is 8.72. The van der Waals surface area contributed by atoms with Crippen molar-refractivity contribution in [1.29, 1.82) is 0 Å². The number of hydrogen-bond acceptors (Lipinski definition) is 2. The number of ether oxygens (including phenoxy) is 1. The van der Waals surface area contributed by atoms with Crippen molar-refractivity contribution >= 4 is 31.9 Å². The average molecular weight is 337 g/mol. The van der Waals surface area contributed by atoms with Crippen LogP contribution in [0.1, 0.15) is 18.9 Å². The van der Waals surface area contributed by atoms with E-state index < -0.39 is 0 Å². The molecule has 1 rings (SSSR count). The highest BCUT2D eigenvalue weighted by atomic mass is 79.9. The molecule has 0 atom stereocenters. The van der Waals surface area contributed by atoms with Crippen molar-refractivity contribution in [2.24, 2.45) is 5.73 Å². The molecule has 0 aliphatic rings. The minimum absolute atomic E-state index is 0.676. The second-order valence-electron chi connectivity index (χ2n) is 3.20. The Bertz CT molecular complexity index is 329.